The Labute approximate surface area is 225 Å². The summed E-state index contributed by atoms with van der Waals surface area (Å²) in [4.78, 5) is 33.8. The fraction of sp³-hybridized carbons (Fsp3) is 0. The molecule has 0 aliphatic heterocycles. The summed E-state index contributed by atoms with van der Waals surface area (Å²) in [5.74, 6) is 0.442. The molecule has 0 atom stereocenters. The van der Waals surface area contributed by atoms with E-state index in [0.29, 0.717) is 11.1 Å². The first-order valence-electron chi connectivity index (χ1n) is 12.3. The molecule has 5 heteroatoms. The van der Waals surface area contributed by atoms with E-state index in [-0.39, 0.29) is 31.6 Å². The Kier molecular flexibility index (Phi) is 5.40. The number of aromatic nitrogens is 1. The van der Waals surface area contributed by atoms with Crippen LogP contribution in [0.15, 0.2) is 121 Å². The number of fused-ring (bicyclic) bond motifs is 4. The molecule has 2 heterocycles. The van der Waals surface area contributed by atoms with Gasteiger partial charge in [-0.25, -0.2) is 0 Å². The van der Waals surface area contributed by atoms with Gasteiger partial charge in [-0.15, -0.1) is 0 Å². The monoisotopic (exact) mass is 556 g/mol. The first kappa shape index (κ1) is 22.6. The molecule has 1 aliphatic rings. The average molecular weight is 555 g/mol. The predicted octanol–water partition coefficient (Wildman–Crippen LogP) is 7.38. The summed E-state index contributed by atoms with van der Waals surface area (Å²) in [5, 5.41) is 2.88. The number of allylic oxidation sites excluding steroid dienone is 1. The molecule has 38 heavy (non-hydrogen) atoms. The van der Waals surface area contributed by atoms with Crippen molar-refractivity contribution in [1.82, 2.24) is 4.98 Å². The summed E-state index contributed by atoms with van der Waals surface area (Å²) in [5.41, 5.74) is 3.20. The van der Waals surface area contributed by atoms with Crippen LogP contribution in [0.25, 0.3) is 27.8 Å². The van der Waals surface area contributed by atoms with Gasteiger partial charge in [0.25, 0.3) is 0 Å². The van der Waals surface area contributed by atoms with Crippen molar-refractivity contribution in [3.05, 3.63) is 136 Å². The third-order valence-electron chi connectivity index (χ3n) is 6.84. The Bertz CT molecular complexity index is 1920. The number of nitrogens with zero attached hydrogens (tertiary/aromatic N) is 2. The molecule has 0 radical (unpaired) electrons. The molecular formula is C33H20N2O2Se. The van der Waals surface area contributed by atoms with E-state index in [9.17, 15) is 9.59 Å². The SMILES string of the molecule is O=C1/C(=C\c2ccc(N(c3ccccc3)c3ccc4ccccc4n3)[se]2)C(=O)c2c1ccc1ccccc21. The van der Waals surface area contributed by atoms with Crippen molar-refractivity contribution in [1.29, 1.82) is 0 Å². The van der Waals surface area contributed by atoms with Crippen LogP contribution in [-0.2, 0) is 0 Å². The molecule has 0 unspecified atom stereocenters. The van der Waals surface area contributed by atoms with Gasteiger partial charge in [-0.2, -0.15) is 0 Å². The Morgan fingerprint density at radius 2 is 1.39 bits per heavy atom. The zero-order valence-electron chi connectivity index (χ0n) is 20.2. The van der Waals surface area contributed by atoms with Crippen molar-refractivity contribution >= 4 is 69.9 Å². The maximum absolute atomic E-state index is 13.4. The Morgan fingerprint density at radius 3 is 2.26 bits per heavy atom. The van der Waals surface area contributed by atoms with Crippen LogP contribution in [0.1, 0.15) is 25.2 Å². The number of anilines is 3. The molecule has 0 saturated heterocycles. The van der Waals surface area contributed by atoms with E-state index in [2.05, 4.69) is 35.2 Å². The van der Waals surface area contributed by atoms with Crippen LogP contribution in [-0.4, -0.2) is 31.1 Å². The van der Waals surface area contributed by atoms with E-state index in [4.69, 9.17) is 4.98 Å². The van der Waals surface area contributed by atoms with E-state index < -0.39 is 0 Å². The molecule has 0 bridgehead atoms. The van der Waals surface area contributed by atoms with Gasteiger partial charge in [-0.3, -0.25) is 0 Å². The quantitative estimate of drug-likeness (QED) is 0.129. The first-order chi connectivity index (χ1) is 18.7. The standard InChI is InChI=1S/C33H20N2O2Se/c36-32-26-17-14-21-8-4-6-12-25(21)31(26)33(37)27(32)20-24-16-19-30(38-24)35(23-10-2-1-3-11-23)29-18-15-22-9-5-7-13-28(22)34-29/h1-20H/b27-20+. The molecule has 1 aliphatic carbocycles. The summed E-state index contributed by atoms with van der Waals surface area (Å²) in [7, 11) is 0. The zero-order chi connectivity index (χ0) is 25.6. The van der Waals surface area contributed by atoms with Gasteiger partial charge in [0.1, 0.15) is 0 Å². The molecule has 0 fully saturated rings. The first-order valence-corrected chi connectivity index (χ1v) is 14.0. The summed E-state index contributed by atoms with van der Waals surface area (Å²) >= 11 is -0.131. The van der Waals surface area contributed by atoms with Gasteiger partial charge in [0, 0.05) is 0 Å². The zero-order valence-corrected chi connectivity index (χ0v) is 21.9. The number of carbonyl (C=O) groups excluding carboxylic acids is 2. The number of rotatable bonds is 4. The normalized spacial score (nSPS) is 13.9. The van der Waals surface area contributed by atoms with Crippen LogP contribution in [0, 0.1) is 0 Å². The van der Waals surface area contributed by atoms with Crippen LogP contribution in [0.5, 0.6) is 0 Å². The third-order valence-corrected chi connectivity index (χ3v) is 8.97. The predicted molar refractivity (Wildman–Crippen MR) is 154 cm³/mol. The van der Waals surface area contributed by atoms with Gasteiger partial charge in [0.2, 0.25) is 0 Å². The Balaban J connectivity index is 1.30. The molecule has 0 saturated carbocycles. The summed E-state index contributed by atoms with van der Waals surface area (Å²) in [6.07, 6.45) is 1.79. The summed E-state index contributed by atoms with van der Waals surface area (Å²) in [6.45, 7) is 0. The van der Waals surface area contributed by atoms with Gasteiger partial charge < -0.3 is 0 Å². The van der Waals surface area contributed by atoms with Gasteiger partial charge in [-0.1, -0.05) is 0 Å². The second kappa shape index (κ2) is 9.07. The molecule has 4 nitrogen and oxygen atoms in total. The number of Topliss-reactive ketones (excluding diaryl/α,β-unsaturated/α-hetero) is 2. The molecule has 4 aromatic carbocycles. The molecule has 0 spiro atoms. The molecule has 0 amide bonds. The molecule has 2 aromatic heterocycles. The third kappa shape index (κ3) is 3.72. The van der Waals surface area contributed by atoms with Gasteiger partial charge in [0.15, 0.2) is 0 Å². The molecule has 7 rings (SSSR count). The van der Waals surface area contributed by atoms with E-state index in [1.807, 2.05) is 78.9 Å². The molecular weight excluding hydrogens is 535 g/mol. The topological polar surface area (TPSA) is 50.3 Å². The Hall–Kier alpha value is -4.57. The number of ketones is 2. The van der Waals surface area contributed by atoms with Crippen molar-refractivity contribution in [3.63, 3.8) is 0 Å². The van der Waals surface area contributed by atoms with Crippen molar-refractivity contribution in [2.24, 2.45) is 0 Å². The van der Waals surface area contributed by atoms with Crippen molar-refractivity contribution in [2.75, 3.05) is 4.90 Å². The fourth-order valence-corrected chi connectivity index (χ4v) is 7.09. The number of benzene rings is 4. The second-order valence-corrected chi connectivity index (χ2v) is 11.4. The van der Waals surface area contributed by atoms with Crippen LogP contribution >= 0.6 is 0 Å². The van der Waals surface area contributed by atoms with Crippen LogP contribution in [0.3, 0.4) is 0 Å². The van der Waals surface area contributed by atoms with E-state index in [1.54, 1.807) is 12.1 Å². The van der Waals surface area contributed by atoms with Gasteiger partial charge >= 0.3 is 226 Å². The number of pyridine rings is 1. The molecule has 0 N–H and O–H groups in total. The number of carbonyl (C=O) groups is 2. The number of para-hydroxylation sites is 2. The molecule has 6 aromatic rings. The average Bonchev–Trinajstić information content (AvgIpc) is 3.52. The maximum atomic E-state index is 13.4. The van der Waals surface area contributed by atoms with Crippen LogP contribution in [0.4, 0.5) is 16.1 Å². The molecule has 180 valence electrons. The van der Waals surface area contributed by atoms with Crippen molar-refractivity contribution < 1.29 is 9.59 Å². The van der Waals surface area contributed by atoms with Crippen LogP contribution < -0.4 is 4.90 Å². The minimum absolute atomic E-state index is 0.131. The number of hydrogen-bond acceptors (Lipinski definition) is 4. The summed E-state index contributed by atoms with van der Waals surface area (Å²) in [6, 6.07) is 37.8. The van der Waals surface area contributed by atoms with Crippen molar-refractivity contribution in [3.8, 4) is 0 Å². The van der Waals surface area contributed by atoms with E-state index >= 15 is 0 Å². The van der Waals surface area contributed by atoms with Gasteiger partial charge in [-0.05, 0) is 0 Å². The second-order valence-electron chi connectivity index (χ2n) is 9.13. The van der Waals surface area contributed by atoms with Crippen molar-refractivity contribution in [2.45, 2.75) is 0 Å². The van der Waals surface area contributed by atoms with Crippen LogP contribution in [0.2, 0.25) is 0 Å². The summed E-state index contributed by atoms with van der Waals surface area (Å²) < 4.78 is 2.06. The van der Waals surface area contributed by atoms with E-state index in [0.717, 1.165) is 42.2 Å². The Morgan fingerprint density at radius 1 is 0.658 bits per heavy atom. The fourth-order valence-electron chi connectivity index (χ4n) is 5.03. The van der Waals surface area contributed by atoms with E-state index in [1.165, 1.54) is 0 Å². The minimum atomic E-state index is -0.197. The number of hydrogen-bond donors (Lipinski definition) is 0. The van der Waals surface area contributed by atoms with Gasteiger partial charge in [0.05, 0.1) is 0 Å².